The molecule has 0 aromatic carbocycles. The number of hydrogen-bond donors (Lipinski definition) is 2. The van der Waals surface area contributed by atoms with Crippen LogP contribution in [0.15, 0.2) is 29.4 Å². The van der Waals surface area contributed by atoms with E-state index in [9.17, 15) is 0 Å². The van der Waals surface area contributed by atoms with Crippen molar-refractivity contribution in [3.05, 3.63) is 30.1 Å². The molecule has 76 valence electrons. The molecule has 0 atom stereocenters. The van der Waals surface area contributed by atoms with Crippen LogP contribution in [0.25, 0.3) is 0 Å². The van der Waals surface area contributed by atoms with Crippen molar-refractivity contribution in [2.24, 2.45) is 10.8 Å². The number of nitrogens with zero attached hydrogens (tertiary/aromatic N) is 2. The van der Waals surface area contributed by atoms with Crippen molar-refractivity contribution in [2.45, 2.75) is 26.3 Å². The number of hydrazine groups is 1. The third kappa shape index (κ3) is 3.14. The van der Waals surface area contributed by atoms with Crippen LogP contribution >= 0.6 is 0 Å². The molecule has 1 aromatic rings. The number of pyridine rings is 1. The minimum absolute atomic E-state index is 0.167. The predicted octanol–water partition coefficient (Wildman–Crippen LogP) is 1.09. The maximum atomic E-state index is 5.39. The zero-order valence-corrected chi connectivity index (χ0v) is 8.78. The number of hydrogen-bond acceptors (Lipinski definition) is 3. The van der Waals surface area contributed by atoms with Gasteiger partial charge in [0.05, 0.1) is 5.54 Å². The third-order valence-electron chi connectivity index (χ3n) is 1.49. The summed E-state index contributed by atoms with van der Waals surface area (Å²) in [5, 5.41) is 0. The highest BCUT2D eigenvalue weighted by Gasteiger charge is 2.11. The Kier molecular flexibility index (Phi) is 3.19. The summed E-state index contributed by atoms with van der Waals surface area (Å²) in [4.78, 5) is 8.58. The average molecular weight is 192 g/mol. The monoisotopic (exact) mass is 192 g/mol. The van der Waals surface area contributed by atoms with E-state index in [0.717, 1.165) is 5.69 Å². The van der Waals surface area contributed by atoms with Gasteiger partial charge in [-0.2, -0.15) is 0 Å². The number of nitrogens with two attached hydrogens (primary N) is 1. The van der Waals surface area contributed by atoms with Crippen LogP contribution in [-0.4, -0.2) is 16.4 Å². The van der Waals surface area contributed by atoms with Crippen LogP contribution in [0.1, 0.15) is 26.5 Å². The first-order valence-electron chi connectivity index (χ1n) is 4.51. The lowest BCUT2D eigenvalue weighted by atomic mass is 10.1. The number of aliphatic imine (C=N–C) groups is 1. The van der Waals surface area contributed by atoms with Crippen LogP contribution in [0, 0.1) is 0 Å². The Morgan fingerprint density at radius 1 is 1.43 bits per heavy atom. The zero-order valence-electron chi connectivity index (χ0n) is 8.78. The average Bonchev–Trinajstić information content (AvgIpc) is 2.14. The summed E-state index contributed by atoms with van der Waals surface area (Å²) in [6, 6.07) is 5.62. The molecule has 4 heteroatoms. The summed E-state index contributed by atoms with van der Waals surface area (Å²) in [6.45, 7) is 6.02. The van der Waals surface area contributed by atoms with E-state index in [1.54, 1.807) is 6.20 Å². The third-order valence-corrected chi connectivity index (χ3v) is 1.49. The SMILES string of the molecule is CC(C)(C)N=C(NN)c1ccccn1. The van der Waals surface area contributed by atoms with Gasteiger partial charge in [0.2, 0.25) is 0 Å². The Hall–Kier alpha value is -1.42. The molecule has 14 heavy (non-hydrogen) atoms. The number of amidine groups is 1. The molecule has 1 heterocycles. The Bertz CT molecular complexity index is 311. The second kappa shape index (κ2) is 4.19. The lowest BCUT2D eigenvalue weighted by Crippen LogP contribution is -2.34. The quantitative estimate of drug-likeness (QED) is 0.303. The van der Waals surface area contributed by atoms with Gasteiger partial charge in [0.15, 0.2) is 5.84 Å². The smallest absolute Gasteiger partial charge is 0.162 e. The van der Waals surface area contributed by atoms with E-state index in [0.29, 0.717) is 5.84 Å². The van der Waals surface area contributed by atoms with Crippen molar-refractivity contribution in [1.82, 2.24) is 10.4 Å². The molecule has 0 fully saturated rings. The zero-order chi connectivity index (χ0) is 10.6. The van der Waals surface area contributed by atoms with E-state index in [4.69, 9.17) is 5.84 Å². The van der Waals surface area contributed by atoms with Crippen molar-refractivity contribution < 1.29 is 0 Å². The molecule has 0 saturated carbocycles. The number of rotatable bonds is 1. The second-order valence-corrected chi connectivity index (χ2v) is 3.99. The Morgan fingerprint density at radius 2 is 2.14 bits per heavy atom. The summed E-state index contributed by atoms with van der Waals surface area (Å²) in [5.41, 5.74) is 3.15. The number of nitrogens with one attached hydrogen (secondary N) is 1. The second-order valence-electron chi connectivity index (χ2n) is 3.99. The van der Waals surface area contributed by atoms with Crippen molar-refractivity contribution in [3.63, 3.8) is 0 Å². The maximum absolute atomic E-state index is 5.39. The van der Waals surface area contributed by atoms with Gasteiger partial charge in [-0.15, -0.1) is 0 Å². The Morgan fingerprint density at radius 3 is 2.57 bits per heavy atom. The fourth-order valence-corrected chi connectivity index (χ4v) is 1.00. The largest absolute Gasteiger partial charge is 0.307 e. The van der Waals surface area contributed by atoms with Crippen LogP contribution in [0.4, 0.5) is 0 Å². The molecule has 0 spiro atoms. The van der Waals surface area contributed by atoms with Gasteiger partial charge < -0.3 is 5.43 Å². The van der Waals surface area contributed by atoms with Gasteiger partial charge in [-0.05, 0) is 32.9 Å². The first-order chi connectivity index (χ1) is 6.53. The maximum Gasteiger partial charge on any atom is 0.162 e. The molecule has 0 amide bonds. The van der Waals surface area contributed by atoms with E-state index in [1.165, 1.54) is 0 Å². The highest BCUT2D eigenvalue weighted by Crippen LogP contribution is 2.08. The van der Waals surface area contributed by atoms with E-state index in [-0.39, 0.29) is 5.54 Å². The van der Waals surface area contributed by atoms with Gasteiger partial charge in [0.1, 0.15) is 5.69 Å². The first kappa shape index (κ1) is 10.7. The topological polar surface area (TPSA) is 63.3 Å². The molecule has 0 saturated heterocycles. The molecule has 1 rings (SSSR count). The van der Waals surface area contributed by atoms with Crippen LogP contribution in [0.2, 0.25) is 0 Å². The summed E-state index contributed by atoms with van der Waals surface area (Å²) in [5.74, 6) is 6.00. The fourth-order valence-electron chi connectivity index (χ4n) is 1.00. The molecule has 1 aromatic heterocycles. The van der Waals surface area contributed by atoms with Crippen LogP contribution in [-0.2, 0) is 0 Å². The molecule has 0 aliphatic heterocycles. The molecule has 0 bridgehead atoms. The lowest BCUT2D eigenvalue weighted by molar-refractivity contribution is 0.580. The molecule has 0 aliphatic rings. The molecule has 0 aliphatic carbocycles. The molecule has 4 nitrogen and oxygen atoms in total. The van der Waals surface area contributed by atoms with E-state index < -0.39 is 0 Å². The fraction of sp³-hybridized carbons (Fsp3) is 0.400. The van der Waals surface area contributed by atoms with E-state index >= 15 is 0 Å². The Labute approximate surface area is 84.2 Å². The normalized spacial score (nSPS) is 12.7. The minimum atomic E-state index is -0.167. The van der Waals surface area contributed by atoms with Gasteiger partial charge in [0, 0.05) is 6.20 Å². The summed E-state index contributed by atoms with van der Waals surface area (Å²) < 4.78 is 0. The van der Waals surface area contributed by atoms with Crippen molar-refractivity contribution in [1.29, 1.82) is 0 Å². The summed E-state index contributed by atoms with van der Waals surface area (Å²) in [6.07, 6.45) is 1.71. The van der Waals surface area contributed by atoms with Crippen LogP contribution in [0.3, 0.4) is 0 Å². The molecular formula is C10H16N4. The summed E-state index contributed by atoms with van der Waals surface area (Å²) >= 11 is 0. The molecule has 3 N–H and O–H groups in total. The highest BCUT2D eigenvalue weighted by molar-refractivity contribution is 5.96. The van der Waals surface area contributed by atoms with Crippen LogP contribution < -0.4 is 11.3 Å². The van der Waals surface area contributed by atoms with Gasteiger partial charge in [-0.1, -0.05) is 6.07 Å². The predicted molar refractivity (Wildman–Crippen MR) is 57.9 cm³/mol. The van der Waals surface area contributed by atoms with Gasteiger partial charge in [-0.25, -0.2) is 5.84 Å². The van der Waals surface area contributed by atoms with Crippen molar-refractivity contribution >= 4 is 5.84 Å². The standard InChI is InChI=1S/C10H16N4/c1-10(2,3)13-9(14-11)8-6-4-5-7-12-8/h4-7H,11H2,1-3H3,(H,13,14). The highest BCUT2D eigenvalue weighted by atomic mass is 15.3. The Balaban J connectivity index is 3.00. The lowest BCUT2D eigenvalue weighted by Gasteiger charge is -2.15. The van der Waals surface area contributed by atoms with Crippen molar-refractivity contribution in [3.8, 4) is 0 Å². The molecular weight excluding hydrogens is 176 g/mol. The summed E-state index contributed by atoms with van der Waals surface area (Å²) in [7, 11) is 0. The van der Waals surface area contributed by atoms with Gasteiger partial charge in [0.25, 0.3) is 0 Å². The van der Waals surface area contributed by atoms with E-state index in [1.807, 2.05) is 39.0 Å². The first-order valence-corrected chi connectivity index (χ1v) is 4.51. The van der Waals surface area contributed by atoms with Gasteiger partial charge in [-0.3, -0.25) is 9.98 Å². The molecule has 0 radical (unpaired) electrons. The van der Waals surface area contributed by atoms with Crippen molar-refractivity contribution in [2.75, 3.05) is 0 Å². The van der Waals surface area contributed by atoms with E-state index in [2.05, 4.69) is 15.4 Å². The molecule has 0 unspecified atom stereocenters. The van der Waals surface area contributed by atoms with Crippen LogP contribution in [0.5, 0.6) is 0 Å². The minimum Gasteiger partial charge on any atom is -0.307 e. The van der Waals surface area contributed by atoms with Gasteiger partial charge >= 0.3 is 0 Å². The number of aromatic nitrogens is 1.